The Hall–Kier alpha value is -5.48. The van der Waals surface area contributed by atoms with Crippen molar-refractivity contribution in [1.82, 2.24) is 5.32 Å². The van der Waals surface area contributed by atoms with Gasteiger partial charge in [0.2, 0.25) is 0 Å². The van der Waals surface area contributed by atoms with Gasteiger partial charge in [0.25, 0.3) is 11.6 Å². The van der Waals surface area contributed by atoms with Crippen molar-refractivity contribution in [1.29, 1.82) is 10.5 Å². The van der Waals surface area contributed by atoms with Crippen LogP contribution in [-0.4, -0.2) is 22.5 Å². The zero-order valence-corrected chi connectivity index (χ0v) is 22.7. The first-order valence-corrected chi connectivity index (χ1v) is 12.7. The van der Waals surface area contributed by atoms with E-state index in [1.165, 1.54) is 24.3 Å². The first kappa shape index (κ1) is 28.5. The minimum Gasteiger partial charge on any atom is -0.444 e. The van der Waals surface area contributed by atoms with E-state index in [9.17, 15) is 30.2 Å². The number of anilines is 1. The van der Waals surface area contributed by atoms with Gasteiger partial charge in [-0.3, -0.25) is 14.9 Å². The number of rotatable bonds is 7. The SMILES string of the molecule is CC(C)(C)OC(=O)N[C@@]1(CC(=C(C#N)C#N)c2ccc([N+](=O)[O-])cc2)C(=O)N(Cc2ccccc2)c2ccccc21. The van der Waals surface area contributed by atoms with Crippen LogP contribution in [0.5, 0.6) is 0 Å². The smallest absolute Gasteiger partial charge is 0.408 e. The highest BCUT2D eigenvalue weighted by Gasteiger charge is 2.53. The van der Waals surface area contributed by atoms with Crippen LogP contribution in [0, 0.1) is 32.8 Å². The van der Waals surface area contributed by atoms with Crippen molar-refractivity contribution in [2.75, 3.05) is 4.90 Å². The van der Waals surface area contributed by atoms with E-state index in [2.05, 4.69) is 5.32 Å². The van der Waals surface area contributed by atoms with E-state index in [0.717, 1.165) is 5.56 Å². The monoisotopic (exact) mass is 549 g/mol. The quantitative estimate of drug-likeness (QED) is 0.224. The number of amides is 2. The highest BCUT2D eigenvalue weighted by Crippen LogP contribution is 2.46. The Morgan fingerprint density at radius 1 is 1.00 bits per heavy atom. The van der Waals surface area contributed by atoms with Gasteiger partial charge < -0.3 is 15.0 Å². The number of carbonyl (C=O) groups is 2. The van der Waals surface area contributed by atoms with Gasteiger partial charge in [0.1, 0.15) is 23.3 Å². The highest BCUT2D eigenvalue weighted by molar-refractivity contribution is 6.10. The Morgan fingerprint density at radius 3 is 2.20 bits per heavy atom. The number of hydrogen-bond acceptors (Lipinski definition) is 7. The van der Waals surface area contributed by atoms with Crippen molar-refractivity contribution in [3.63, 3.8) is 0 Å². The van der Waals surface area contributed by atoms with Crippen LogP contribution in [0.2, 0.25) is 0 Å². The summed E-state index contributed by atoms with van der Waals surface area (Å²) in [4.78, 5) is 40.0. The van der Waals surface area contributed by atoms with Crippen LogP contribution >= 0.6 is 0 Å². The van der Waals surface area contributed by atoms with Crippen LogP contribution in [0.1, 0.15) is 43.9 Å². The standard InChI is InChI=1S/C31H27N5O5/c1-30(2,3)41-29(38)34-31(17-25(23(18-32)19-33)22-13-15-24(16-14-22)36(39)40)26-11-7-8-12-27(26)35(28(31)37)20-21-9-5-4-6-10-21/h4-16H,17,20H2,1-3H3,(H,34,38)/t31-/m1/s1. The topological polar surface area (TPSA) is 149 Å². The zero-order chi connectivity index (χ0) is 29.8. The van der Waals surface area contributed by atoms with E-state index < -0.39 is 28.1 Å². The minimum absolute atomic E-state index is 0.144. The fourth-order valence-corrected chi connectivity index (χ4v) is 4.81. The van der Waals surface area contributed by atoms with Crippen molar-refractivity contribution < 1.29 is 19.2 Å². The largest absolute Gasteiger partial charge is 0.444 e. The molecule has 206 valence electrons. The summed E-state index contributed by atoms with van der Waals surface area (Å²) in [6.45, 7) is 5.28. The summed E-state index contributed by atoms with van der Waals surface area (Å²) in [6.07, 6.45) is -1.15. The average molecular weight is 550 g/mol. The Labute approximate surface area is 237 Å². The Bertz CT molecular complexity index is 1600. The number of allylic oxidation sites excluding steroid dienone is 1. The predicted molar refractivity (Wildman–Crippen MR) is 151 cm³/mol. The van der Waals surface area contributed by atoms with Gasteiger partial charge in [-0.15, -0.1) is 0 Å². The van der Waals surface area contributed by atoms with Crippen molar-refractivity contribution in [3.8, 4) is 12.1 Å². The van der Waals surface area contributed by atoms with Gasteiger partial charge >= 0.3 is 6.09 Å². The number of nitriles is 2. The number of carbonyl (C=O) groups excluding carboxylic acids is 2. The van der Waals surface area contributed by atoms with Crippen LogP contribution in [0.3, 0.4) is 0 Å². The van der Waals surface area contributed by atoms with E-state index in [0.29, 0.717) is 16.8 Å². The molecule has 1 N–H and O–H groups in total. The fraction of sp³-hybridized carbons (Fsp3) is 0.226. The molecule has 0 unspecified atom stereocenters. The number of nitro benzene ring substituents is 1. The molecule has 1 atom stereocenters. The van der Waals surface area contributed by atoms with Crippen LogP contribution in [0.25, 0.3) is 5.57 Å². The number of hydrogen-bond donors (Lipinski definition) is 1. The van der Waals surface area contributed by atoms with Gasteiger partial charge in [-0.2, -0.15) is 10.5 Å². The van der Waals surface area contributed by atoms with Crippen LogP contribution in [0.4, 0.5) is 16.2 Å². The second-order valence-electron chi connectivity index (χ2n) is 10.5. The molecule has 10 heteroatoms. The van der Waals surface area contributed by atoms with E-state index in [1.807, 2.05) is 42.5 Å². The number of non-ortho nitro benzene ring substituents is 1. The van der Waals surface area contributed by atoms with Gasteiger partial charge in [0, 0.05) is 24.1 Å². The summed E-state index contributed by atoms with van der Waals surface area (Å²) in [5.41, 5.74) is -0.780. The highest BCUT2D eigenvalue weighted by atomic mass is 16.6. The summed E-state index contributed by atoms with van der Waals surface area (Å²) in [7, 11) is 0. The lowest BCUT2D eigenvalue weighted by Crippen LogP contribution is -2.54. The molecule has 0 radical (unpaired) electrons. The molecule has 2 amide bonds. The summed E-state index contributed by atoms with van der Waals surface area (Å²) >= 11 is 0. The Morgan fingerprint density at radius 2 is 1.61 bits per heavy atom. The second-order valence-corrected chi connectivity index (χ2v) is 10.5. The number of nitrogens with zero attached hydrogens (tertiary/aromatic N) is 4. The third kappa shape index (κ3) is 5.92. The number of ether oxygens (including phenoxy) is 1. The van der Waals surface area contributed by atoms with Gasteiger partial charge in [0.05, 0.1) is 17.2 Å². The van der Waals surface area contributed by atoms with Crippen LogP contribution in [-0.2, 0) is 21.6 Å². The molecule has 0 saturated heterocycles. The lowest BCUT2D eigenvalue weighted by atomic mass is 9.81. The predicted octanol–water partition coefficient (Wildman–Crippen LogP) is 5.75. The van der Waals surface area contributed by atoms with E-state index in [1.54, 1.807) is 49.9 Å². The number of alkyl carbamates (subject to hydrolysis) is 1. The lowest BCUT2D eigenvalue weighted by Gasteiger charge is -2.32. The van der Waals surface area contributed by atoms with Gasteiger partial charge in [-0.05, 0) is 55.7 Å². The van der Waals surface area contributed by atoms with Crippen molar-refractivity contribution >= 4 is 28.9 Å². The van der Waals surface area contributed by atoms with E-state index >= 15 is 0 Å². The molecule has 3 aromatic rings. The van der Waals surface area contributed by atoms with Crippen molar-refractivity contribution in [2.24, 2.45) is 0 Å². The van der Waals surface area contributed by atoms with Crippen LogP contribution in [0.15, 0.2) is 84.4 Å². The molecule has 0 saturated carbocycles. The summed E-state index contributed by atoms with van der Waals surface area (Å²) < 4.78 is 5.54. The lowest BCUT2D eigenvalue weighted by molar-refractivity contribution is -0.384. The first-order valence-electron chi connectivity index (χ1n) is 12.7. The molecule has 0 aliphatic carbocycles. The first-order chi connectivity index (χ1) is 19.5. The summed E-state index contributed by atoms with van der Waals surface area (Å²) in [5.74, 6) is -0.483. The summed E-state index contributed by atoms with van der Waals surface area (Å²) in [5, 5.41) is 33.7. The molecular formula is C31H27N5O5. The van der Waals surface area contributed by atoms with Crippen molar-refractivity contribution in [3.05, 3.63) is 111 Å². The zero-order valence-electron chi connectivity index (χ0n) is 22.7. The van der Waals surface area contributed by atoms with Gasteiger partial charge in [-0.1, -0.05) is 48.5 Å². The number of fused-ring (bicyclic) bond motifs is 1. The van der Waals surface area contributed by atoms with Gasteiger partial charge in [-0.25, -0.2) is 4.79 Å². The van der Waals surface area contributed by atoms with Crippen LogP contribution < -0.4 is 10.2 Å². The third-order valence-electron chi connectivity index (χ3n) is 6.56. The molecule has 0 spiro atoms. The molecule has 4 rings (SSSR count). The molecule has 1 aliphatic heterocycles. The molecular weight excluding hydrogens is 522 g/mol. The minimum atomic E-state index is -1.76. The number of para-hydroxylation sites is 1. The fourth-order valence-electron chi connectivity index (χ4n) is 4.81. The van der Waals surface area contributed by atoms with E-state index in [-0.39, 0.29) is 29.8 Å². The Kier molecular flexibility index (Phi) is 7.88. The van der Waals surface area contributed by atoms with Crippen molar-refractivity contribution in [2.45, 2.75) is 44.9 Å². The number of benzene rings is 3. The molecule has 3 aromatic carbocycles. The maximum absolute atomic E-state index is 14.5. The summed E-state index contributed by atoms with van der Waals surface area (Å²) in [6, 6.07) is 25.4. The maximum atomic E-state index is 14.5. The Balaban J connectivity index is 1.91. The maximum Gasteiger partial charge on any atom is 0.408 e. The molecule has 0 fully saturated rings. The van der Waals surface area contributed by atoms with Gasteiger partial charge in [0.15, 0.2) is 5.54 Å². The number of nitrogens with one attached hydrogen (secondary N) is 1. The normalized spacial score (nSPS) is 15.7. The second kappa shape index (κ2) is 11.3. The average Bonchev–Trinajstić information content (AvgIpc) is 3.15. The molecule has 0 aromatic heterocycles. The molecule has 1 aliphatic rings. The number of nitro groups is 1. The molecule has 10 nitrogen and oxygen atoms in total. The molecule has 41 heavy (non-hydrogen) atoms. The third-order valence-corrected chi connectivity index (χ3v) is 6.56. The van der Waals surface area contributed by atoms with E-state index in [4.69, 9.17) is 4.74 Å². The molecule has 0 bridgehead atoms. The molecule has 1 heterocycles.